The summed E-state index contributed by atoms with van der Waals surface area (Å²) in [6.45, 7) is 4.46. The summed E-state index contributed by atoms with van der Waals surface area (Å²) in [4.78, 5) is 10.1. The average Bonchev–Trinajstić information content (AvgIpc) is 1.90. The van der Waals surface area contributed by atoms with Crippen molar-refractivity contribution in [2.75, 3.05) is 13.1 Å². The maximum Gasteiger partial charge on any atom is 0.225 e. The van der Waals surface area contributed by atoms with Gasteiger partial charge in [0, 0.05) is 13.1 Å². The Bertz CT molecular complexity index is 87.0. The normalized spacial score (nSPS) is 9.78. The molecule has 1 N–H and O–H groups in total. The summed E-state index contributed by atoms with van der Waals surface area (Å²) >= 11 is 0. The van der Waals surface area contributed by atoms with Crippen molar-refractivity contribution in [1.82, 2.24) is 10.2 Å². The second-order valence-electron chi connectivity index (χ2n) is 1.55. The number of carbonyl (C=O) groups is 1. The van der Waals surface area contributed by atoms with Crippen molar-refractivity contribution in [3.8, 4) is 0 Å². The lowest BCUT2D eigenvalue weighted by Gasteiger charge is -2.22. The van der Waals surface area contributed by atoms with E-state index in [2.05, 4.69) is 0 Å². The number of amides is 1. The lowest BCUT2D eigenvalue weighted by atomic mass is 10.7. The molecule has 0 aromatic rings. The zero-order valence-electron chi connectivity index (χ0n) is 5.74. The summed E-state index contributed by atoms with van der Waals surface area (Å²) < 4.78 is 0. The zero-order valence-corrected chi connectivity index (χ0v) is 5.74. The van der Waals surface area contributed by atoms with E-state index in [1.807, 2.05) is 0 Å². The number of nitrogens with zero attached hydrogens (tertiary/aromatic N) is 2. The smallest absolute Gasteiger partial charge is 0.225 e. The Labute approximate surface area is 54.6 Å². The zero-order chi connectivity index (χ0) is 7.28. The summed E-state index contributed by atoms with van der Waals surface area (Å²) in [6.07, 6.45) is 0.587. The van der Waals surface area contributed by atoms with Gasteiger partial charge in [0.05, 0.1) is 0 Å². The van der Waals surface area contributed by atoms with Crippen LogP contribution in [0.4, 0.5) is 0 Å². The van der Waals surface area contributed by atoms with Crippen molar-refractivity contribution in [2.45, 2.75) is 13.8 Å². The van der Waals surface area contributed by atoms with Gasteiger partial charge in [-0.15, -0.1) is 5.17 Å². The van der Waals surface area contributed by atoms with Gasteiger partial charge >= 0.3 is 0 Å². The molecule has 0 saturated heterocycles. The third kappa shape index (κ3) is 2.43. The first kappa shape index (κ1) is 8.39. The van der Waals surface area contributed by atoms with E-state index in [1.165, 1.54) is 5.01 Å². The van der Waals surface area contributed by atoms with Gasteiger partial charge < -0.3 is 0 Å². The fourth-order valence-corrected chi connectivity index (χ4v) is 0.474. The Morgan fingerprint density at radius 3 is 2.11 bits per heavy atom. The highest BCUT2D eigenvalue weighted by Crippen LogP contribution is 1.86. The third-order valence-corrected chi connectivity index (χ3v) is 1.03. The Kier molecular flexibility index (Phi) is 4.00. The van der Waals surface area contributed by atoms with Crippen LogP contribution in [0.25, 0.3) is 0 Å². The molecule has 9 heavy (non-hydrogen) atoms. The highest BCUT2D eigenvalue weighted by Gasteiger charge is 2.03. The van der Waals surface area contributed by atoms with Crippen LogP contribution < -0.4 is 0 Å². The Hall–Kier alpha value is -0.610. The van der Waals surface area contributed by atoms with Crippen LogP contribution in [0.5, 0.6) is 0 Å². The summed E-state index contributed by atoms with van der Waals surface area (Å²) in [5, 5.41) is 10.9. The highest BCUT2D eigenvalue weighted by atomic mass is 16.6. The Balaban J connectivity index is 3.63. The second-order valence-corrected chi connectivity index (χ2v) is 1.55. The van der Waals surface area contributed by atoms with Crippen LogP contribution >= 0.6 is 0 Å². The van der Waals surface area contributed by atoms with Gasteiger partial charge in [-0.3, -0.25) is 15.0 Å². The number of hydroxylamine groups is 1. The minimum atomic E-state index is 0.423. The Morgan fingerprint density at radius 1 is 1.44 bits per heavy atom. The van der Waals surface area contributed by atoms with Crippen LogP contribution in [0.2, 0.25) is 0 Å². The minimum Gasteiger partial charge on any atom is -0.294 e. The molecule has 0 spiro atoms. The largest absolute Gasteiger partial charge is 0.294 e. The van der Waals surface area contributed by atoms with E-state index in [-0.39, 0.29) is 0 Å². The topological polar surface area (TPSA) is 43.8 Å². The second kappa shape index (κ2) is 4.29. The van der Waals surface area contributed by atoms with Gasteiger partial charge in [-0.1, -0.05) is 0 Å². The van der Waals surface area contributed by atoms with Gasteiger partial charge in [0.2, 0.25) is 6.41 Å². The van der Waals surface area contributed by atoms with Gasteiger partial charge in [-0.05, 0) is 13.8 Å². The number of rotatable bonds is 4. The van der Waals surface area contributed by atoms with Crippen molar-refractivity contribution in [2.24, 2.45) is 0 Å². The molecule has 0 radical (unpaired) electrons. The summed E-state index contributed by atoms with van der Waals surface area (Å²) in [7, 11) is 0. The molecule has 54 valence electrons. The molecule has 0 fully saturated rings. The molecule has 0 heterocycles. The standard InChI is InChI=1S/C5H12N2O2/c1-3-6(5-8)7(9)4-2/h5,9H,3-4H2,1-2H3. The molecule has 0 aliphatic carbocycles. The molecule has 0 rings (SSSR count). The summed E-state index contributed by atoms with van der Waals surface area (Å²) in [5.74, 6) is 0. The lowest BCUT2D eigenvalue weighted by Crippen LogP contribution is -2.38. The molecule has 4 heteroatoms. The highest BCUT2D eigenvalue weighted by molar-refractivity contribution is 5.45. The fraction of sp³-hybridized carbons (Fsp3) is 0.800. The molecule has 0 aliphatic heterocycles. The van der Waals surface area contributed by atoms with Crippen molar-refractivity contribution in [3.63, 3.8) is 0 Å². The molecule has 0 aliphatic rings. The number of carbonyl (C=O) groups excluding carboxylic acids is 1. The monoisotopic (exact) mass is 132 g/mol. The first-order valence-electron chi connectivity index (χ1n) is 2.94. The molecule has 0 saturated carbocycles. The van der Waals surface area contributed by atoms with Gasteiger partial charge in [0.1, 0.15) is 0 Å². The fourth-order valence-electron chi connectivity index (χ4n) is 0.474. The van der Waals surface area contributed by atoms with E-state index in [4.69, 9.17) is 5.21 Å². The van der Waals surface area contributed by atoms with Gasteiger partial charge in [0.25, 0.3) is 0 Å². The van der Waals surface area contributed by atoms with Crippen LogP contribution in [0.15, 0.2) is 0 Å². The van der Waals surface area contributed by atoms with E-state index in [9.17, 15) is 4.79 Å². The van der Waals surface area contributed by atoms with E-state index in [1.54, 1.807) is 13.8 Å². The van der Waals surface area contributed by atoms with Crippen molar-refractivity contribution in [3.05, 3.63) is 0 Å². The lowest BCUT2D eigenvalue weighted by molar-refractivity contribution is -0.228. The quantitative estimate of drug-likeness (QED) is 0.435. The number of hydrogen-bond donors (Lipinski definition) is 1. The van der Waals surface area contributed by atoms with Gasteiger partial charge in [-0.2, -0.15) is 0 Å². The molecule has 4 nitrogen and oxygen atoms in total. The molecule has 1 amide bonds. The molecule has 0 atom stereocenters. The summed E-state index contributed by atoms with van der Waals surface area (Å²) in [5.41, 5.74) is 0. The first-order chi connectivity index (χ1) is 4.26. The molecular formula is C5H12N2O2. The SMILES string of the molecule is CCN(O)N(C=O)CC. The molecule has 0 aromatic heterocycles. The first-order valence-corrected chi connectivity index (χ1v) is 2.94. The van der Waals surface area contributed by atoms with Crippen LogP contribution in [-0.2, 0) is 4.79 Å². The van der Waals surface area contributed by atoms with Crippen molar-refractivity contribution >= 4 is 6.41 Å². The molecule has 0 unspecified atom stereocenters. The number of hydrogen-bond acceptors (Lipinski definition) is 3. The van der Waals surface area contributed by atoms with Crippen LogP contribution in [0, 0.1) is 0 Å². The predicted octanol–water partition coefficient (Wildman–Crippen LogP) is 0.0908. The van der Waals surface area contributed by atoms with Crippen LogP contribution in [0.1, 0.15) is 13.8 Å². The molecule has 0 aromatic carbocycles. The van der Waals surface area contributed by atoms with Gasteiger partial charge in [0.15, 0.2) is 0 Å². The van der Waals surface area contributed by atoms with E-state index in [0.717, 1.165) is 5.17 Å². The van der Waals surface area contributed by atoms with Gasteiger partial charge in [-0.25, -0.2) is 0 Å². The third-order valence-electron chi connectivity index (χ3n) is 1.03. The molecular weight excluding hydrogens is 120 g/mol. The average molecular weight is 132 g/mol. The Morgan fingerprint density at radius 2 is 2.00 bits per heavy atom. The van der Waals surface area contributed by atoms with E-state index >= 15 is 0 Å². The van der Waals surface area contributed by atoms with Crippen LogP contribution in [-0.4, -0.2) is 34.9 Å². The van der Waals surface area contributed by atoms with Crippen LogP contribution in [0.3, 0.4) is 0 Å². The van der Waals surface area contributed by atoms with Crippen molar-refractivity contribution < 1.29 is 10.0 Å². The maximum absolute atomic E-state index is 10.1. The number of hydrazine groups is 1. The predicted molar refractivity (Wildman–Crippen MR) is 32.6 cm³/mol. The van der Waals surface area contributed by atoms with E-state index < -0.39 is 0 Å². The molecule has 0 bridgehead atoms. The summed E-state index contributed by atoms with van der Waals surface area (Å²) in [6, 6.07) is 0. The maximum atomic E-state index is 10.1. The minimum absolute atomic E-state index is 0.423. The van der Waals surface area contributed by atoms with E-state index in [0.29, 0.717) is 19.5 Å². The van der Waals surface area contributed by atoms with Crippen molar-refractivity contribution in [1.29, 1.82) is 0 Å².